The van der Waals surface area contributed by atoms with Gasteiger partial charge in [0.2, 0.25) is 5.72 Å². The van der Waals surface area contributed by atoms with Crippen LogP contribution < -0.4 is 5.73 Å². The number of anilines is 1. The van der Waals surface area contributed by atoms with E-state index in [9.17, 15) is 4.79 Å². The SMILES string of the molecule is CCOC(=O)CC[C@H]1C[C@H](N(C[C@H]2OC[C@@]3(n4cnc5c(N)ncnc54)OC(C)(C)O[C@H]23)C(C)C)C1. The minimum atomic E-state index is -0.895. The molecule has 2 N–H and O–H groups in total. The molecule has 36 heavy (non-hydrogen) atoms. The van der Waals surface area contributed by atoms with E-state index in [1.54, 1.807) is 6.33 Å². The van der Waals surface area contributed by atoms with Gasteiger partial charge in [-0.3, -0.25) is 14.3 Å². The Labute approximate surface area is 211 Å². The van der Waals surface area contributed by atoms with Crippen LogP contribution in [0, 0.1) is 5.92 Å². The molecule has 0 aromatic carbocycles. The van der Waals surface area contributed by atoms with Crippen molar-refractivity contribution in [1.29, 1.82) is 0 Å². The lowest BCUT2D eigenvalue weighted by atomic mass is 9.76. The highest BCUT2D eigenvalue weighted by Gasteiger charge is 2.63. The summed E-state index contributed by atoms with van der Waals surface area (Å²) in [5.41, 5.74) is 6.28. The summed E-state index contributed by atoms with van der Waals surface area (Å²) in [6, 6.07) is 0.796. The summed E-state index contributed by atoms with van der Waals surface area (Å²) in [4.78, 5) is 27.2. The molecule has 2 saturated heterocycles. The Morgan fingerprint density at radius 2 is 2.08 bits per heavy atom. The van der Waals surface area contributed by atoms with Gasteiger partial charge in [0.25, 0.3) is 0 Å². The molecule has 0 bridgehead atoms. The zero-order valence-electron chi connectivity index (χ0n) is 21.8. The number of nitrogens with two attached hydrogens (primary N) is 1. The molecule has 0 amide bonds. The summed E-state index contributed by atoms with van der Waals surface area (Å²) < 4.78 is 26.3. The molecule has 2 aromatic rings. The van der Waals surface area contributed by atoms with Gasteiger partial charge in [-0.1, -0.05) is 0 Å². The van der Waals surface area contributed by atoms with E-state index >= 15 is 0 Å². The number of hydrogen-bond acceptors (Lipinski definition) is 10. The van der Waals surface area contributed by atoms with Crippen molar-refractivity contribution in [2.75, 3.05) is 25.5 Å². The molecule has 0 unspecified atom stereocenters. The fourth-order valence-corrected chi connectivity index (χ4v) is 5.98. The monoisotopic (exact) mass is 502 g/mol. The third-order valence-electron chi connectivity index (χ3n) is 7.69. The Bertz CT molecular complexity index is 1100. The van der Waals surface area contributed by atoms with Gasteiger partial charge in [0.1, 0.15) is 24.1 Å². The molecule has 5 rings (SSSR count). The average molecular weight is 503 g/mol. The summed E-state index contributed by atoms with van der Waals surface area (Å²) in [5, 5.41) is 0. The smallest absolute Gasteiger partial charge is 0.305 e. The lowest BCUT2D eigenvalue weighted by Crippen LogP contribution is -2.53. The van der Waals surface area contributed by atoms with Crippen LogP contribution in [-0.4, -0.2) is 80.2 Å². The van der Waals surface area contributed by atoms with E-state index in [0.29, 0.717) is 54.6 Å². The molecule has 3 fully saturated rings. The lowest BCUT2D eigenvalue weighted by Gasteiger charge is -2.46. The maximum atomic E-state index is 11.7. The van der Waals surface area contributed by atoms with E-state index in [1.807, 2.05) is 25.3 Å². The summed E-state index contributed by atoms with van der Waals surface area (Å²) in [6.45, 7) is 11.6. The number of ether oxygens (including phenoxy) is 4. The highest BCUT2D eigenvalue weighted by molar-refractivity contribution is 5.81. The van der Waals surface area contributed by atoms with Crippen molar-refractivity contribution in [1.82, 2.24) is 24.4 Å². The normalized spacial score (nSPS) is 31.2. The van der Waals surface area contributed by atoms with E-state index in [1.165, 1.54) is 6.33 Å². The number of nitrogen functional groups attached to an aromatic ring is 1. The quantitative estimate of drug-likeness (QED) is 0.511. The van der Waals surface area contributed by atoms with Crippen molar-refractivity contribution in [3.63, 3.8) is 0 Å². The summed E-state index contributed by atoms with van der Waals surface area (Å²) in [5.74, 6) is -0.0120. The molecule has 11 nitrogen and oxygen atoms in total. The van der Waals surface area contributed by atoms with Crippen LogP contribution >= 0.6 is 0 Å². The van der Waals surface area contributed by atoms with E-state index in [-0.39, 0.29) is 18.2 Å². The minimum absolute atomic E-state index is 0.0996. The zero-order chi connectivity index (χ0) is 25.7. The van der Waals surface area contributed by atoms with Crippen molar-refractivity contribution < 1.29 is 23.7 Å². The molecule has 11 heteroatoms. The molecular formula is C25H38N6O5. The van der Waals surface area contributed by atoms with Gasteiger partial charge in [-0.15, -0.1) is 0 Å². The van der Waals surface area contributed by atoms with Crippen LogP contribution in [0.5, 0.6) is 0 Å². The van der Waals surface area contributed by atoms with Crippen LogP contribution in [0.2, 0.25) is 0 Å². The van der Waals surface area contributed by atoms with Gasteiger partial charge in [-0.2, -0.15) is 0 Å². The predicted molar refractivity (Wildman–Crippen MR) is 132 cm³/mol. The topological polar surface area (TPSA) is 127 Å². The van der Waals surface area contributed by atoms with E-state index in [0.717, 1.165) is 25.8 Å². The first-order chi connectivity index (χ1) is 17.1. The molecule has 3 aliphatic rings. The van der Waals surface area contributed by atoms with Crippen LogP contribution in [0.3, 0.4) is 0 Å². The van der Waals surface area contributed by atoms with E-state index in [2.05, 4.69) is 33.7 Å². The van der Waals surface area contributed by atoms with Crippen molar-refractivity contribution in [2.24, 2.45) is 5.92 Å². The van der Waals surface area contributed by atoms with Gasteiger partial charge in [0, 0.05) is 25.0 Å². The highest BCUT2D eigenvalue weighted by Crippen LogP contribution is 2.48. The number of aromatic nitrogens is 4. The Hall–Kier alpha value is -2.34. The molecule has 2 aliphatic heterocycles. The second-order valence-corrected chi connectivity index (χ2v) is 10.9. The number of carbonyl (C=O) groups is 1. The number of hydrogen-bond donors (Lipinski definition) is 1. The second kappa shape index (κ2) is 9.51. The van der Waals surface area contributed by atoms with Crippen molar-refractivity contribution in [2.45, 2.75) is 96.1 Å². The largest absolute Gasteiger partial charge is 0.466 e. The number of nitrogens with zero attached hydrogens (tertiary/aromatic N) is 5. The predicted octanol–water partition coefficient (Wildman–Crippen LogP) is 2.44. The Kier molecular flexibility index (Phi) is 6.69. The molecule has 1 aliphatic carbocycles. The van der Waals surface area contributed by atoms with Gasteiger partial charge in [0.15, 0.2) is 17.3 Å². The first kappa shape index (κ1) is 25.3. The molecule has 1 saturated carbocycles. The number of imidazole rings is 1. The van der Waals surface area contributed by atoms with Crippen LogP contribution in [0.1, 0.15) is 60.3 Å². The van der Waals surface area contributed by atoms with Gasteiger partial charge >= 0.3 is 5.97 Å². The third-order valence-corrected chi connectivity index (χ3v) is 7.69. The van der Waals surface area contributed by atoms with Crippen LogP contribution in [0.15, 0.2) is 12.7 Å². The van der Waals surface area contributed by atoms with Crippen molar-refractivity contribution in [3.8, 4) is 0 Å². The number of fused-ring (bicyclic) bond motifs is 2. The first-order valence-electron chi connectivity index (χ1n) is 13.0. The third kappa shape index (κ3) is 4.46. The van der Waals surface area contributed by atoms with Gasteiger partial charge < -0.3 is 24.7 Å². The minimum Gasteiger partial charge on any atom is -0.466 e. The number of carbonyl (C=O) groups excluding carboxylic acids is 1. The second-order valence-electron chi connectivity index (χ2n) is 10.9. The Balaban J connectivity index is 1.31. The molecule has 198 valence electrons. The molecule has 2 aromatic heterocycles. The van der Waals surface area contributed by atoms with Gasteiger partial charge in [-0.25, -0.2) is 15.0 Å². The van der Waals surface area contributed by atoms with Crippen LogP contribution in [0.25, 0.3) is 11.2 Å². The maximum absolute atomic E-state index is 11.7. The molecule has 0 radical (unpaired) electrons. The van der Waals surface area contributed by atoms with Crippen molar-refractivity contribution >= 4 is 23.0 Å². The highest BCUT2D eigenvalue weighted by atomic mass is 16.8. The summed E-state index contributed by atoms with van der Waals surface area (Å²) >= 11 is 0. The van der Waals surface area contributed by atoms with E-state index < -0.39 is 11.5 Å². The average Bonchev–Trinajstić information content (AvgIpc) is 3.42. The fraction of sp³-hybridized carbons (Fsp3) is 0.760. The molecule has 0 spiro atoms. The van der Waals surface area contributed by atoms with Crippen molar-refractivity contribution in [3.05, 3.63) is 12.7 Å². The Morgan fingerprint density at radius 1 is 1.31 bits per heavy atom. The Morgan fingerprint density at radius 3 is 2.81 bits per heavy atom. The maximum Gasteiger partial charge on any atom is 0.305 e. The van der Waals surface area contributed by atoms with Crippen LogP contribution in [0.4, 0.5) is 5.82 Å². The standard InChI is InChI=1S/C25H38N6O5/c1-6-33-19(32)8-7-16-9-17(10-16)30(15(2)3)11-18-21-25(12-34-18,36-24(4,5)35-21)31-14-29-20-22(26)27-13-28-23(20)31/h13-18,21H,6-12H2,1-5H3,(H2,26,27,28)/t16-,17-,18-,21-,25-/m1/s1. The van der Waals surface area contributed by atoms with Gasteiger partial charge in [0.05, 0.1) is 19.5 Å². The fourth-order valence-electron chi connectivity index (χ4n) is 5.98. The van der Waals surface area contributed by atoms with Crippen LogP contribution in [-0.2, 0) is 29.5 Å². The zero-order valence-corrected chi connectivity index (χ0v) is 21.8. The number of rotatable bonds is 9. The van der Waals surface area contributed by atoms with E-state index in [4.69, 9.17) is 24.7 Å². The summed E-state index contributed by atoms with van der Waals surface area (Å²) in [6.07, 6.45) is 6.13. The number of esters is 1. The molecular weight excluding hydrogens is 464 g/mol. The molecule has 4 heterocycles. The lowest BCUT2D eigenvalue weighted by molar-refractivity contribution is -0.206. The molecule has 3 atom stereocenters. The first-order valence-corrected chi connectivity index (χ1v) is 13.0. The van der Waals surface area contributed by atoms with Gasteiger partial charge in [-0.05, 0) is 59.8 Å². The summed E-state index contributed by atoms with van der Waals surface area (Å²) in [7, 11) is 0.